The van der Waals surface area contributed by atoms with Gasteiger partial charge in [0.15, 0.2) is 0 Å². The molecule has 2 fully saturated rings. The monoisotopic (exact) mass is 178 g/mol. The quantitative estimate of drug-likeness (QED) is 0.521. The van der Waals surface area contributed by atoms with Crippen molar-refractivity contribution in [3.8, 4) is 0 Å². The fourth-order valence-corrected chi connectivity index (χ4v) is 2.87. The Morgan fingerprint density at radius 1 is 1.15 bits per heavy atom. The lowest BCUT2D eigenvalue weighted by Crippen LogP contribution is -2.20. The van der Waals surface area contributed by atoms with Crippen molar-refractivity contribution in [1.82, 2.24) is 0 Å². The fourth-order valence-electron chi connectivity index (χ4n) is 2.87. The molecule has 0 bridgehead atoms. The SMILES string of the molecule is C=C1CCC(=O)CC2CCCCC12. The highest BCUT2D eigenvalue weighted by Crippen LogP contribution is 2.40. The van der Waals surface area contributed by atoms with Gasteiger partial charge in [0.2, 0.25) is 0 Å². The Balaban J connectivity index is 2.13. The van der Waals surface area contributed by atoms with E-state index in [0.29, 0.717) is 17.6 Å². The molecule has 13 heavy (non-hydrogen) atoms. The first-order chi connectivity index (χ1) is 6.27. The Hall–Kier alpha value is -0.590. The summed E-state index contributed by atoms with van der Waals surface area (Å²) in [6.07, 6.45) is 7.76. The van der Waals surface area contributed by atoms with E-state index in [-0.39, 0.29) is 0 Å². The molecule has 2 atom stereocenters. The topological polar surface area (TPSA) is 17.1 Å². The van der Waals surface area contributed by atoms with Crippen molar-refractivity contribution in [2.45, 2.75) is 44.9 Å². The Bertz CT molecular complexity index is 229. The Morgan fingerprint density at radius 3 is 2.77 bits per heavy atom. The lowest BCUT2D eigenvalue weighted by molar-refractivity contribution is -0.119. The lowest BCUT2D eigenvalue weighted by atomic mass is 9.75. The molecule has 2 unspecified atom stereocenters. The first-order valence-electron chi connectivity index (χ1n) is 5.47. The Morgan fingerprint density at radius 2 is 1.92 bits per heavy atom. The zero-order valence-electron chi connectivity index (χ0n) is 8.22. The summed E-state index contributed by atoms with van der Waals surface area (Å²) in [6, 6.07) is 0. The zero-order chi connectivity index (χ0) is 9.26. The number of hydrogen-bond acceptors (Lipinski definition) is 1. The van der Waals surface area contributed by atoms with E-state index in [9.17, 15) is 4.79 Å². The van der Waals surface area contributed by atoms with Crippen molar-refractivity contribution in [2.75, 3.05) is 0 Å². The molecule has 0 N–H and O–H groups in total. The van der Waals surface area contributed by atoms with Crippen LogP contribution in [0.15, 0.2) is 12.2 Å². The van der Waals surface area contributed by atoms with Gasteiger partial charge >= 0.3 is 0 Å². The minimum Gasteiger partial charge on any atom is -0.300 e. The van der Waals surface area contributed by atoms with Gasteiger partial charge in [-0.25, -0.2) is 0 Å². The number of rotatable bonds is 0. The average Bonchev–Trinajstić information content (AvgIpc) is 2.27. The number of Topliss-reactive ketones (excluding diaryl/α,β-unsaturated/α-hetero) is 1. The van der Waals surface area contributed by atoms with E-state index < -0.39 is 0 Å². The van der Waals surface area contributed by atoms with Crippen LogP contribution in [0, 0.1) is 11.8 Å². The number of carbonyl (C=O) groups is 1. The molecule has 0 aromatic rings. The van der Waals surface area contributed by atoms with Crippen LogP contribution in [-0.4, -0.2) is 5.78 Å². The number of carbonyl (C=O) groups excluding carboxylic acids is 1. The molecular weight excluding hydrogens is 160 g/mol. The third-order valence-corrected chi connectivity index (χ3v) is 3.65. The largest absolute Gasteiger partial charge is 0.300 e. The van der Waals surface area contributed by atoms with Crippen LogP contribution >= 0.6 is 0 Å². The molecule has 0 aromatic heterocycles. The van der Waals surface area contributed by atoms with E-state index in [1.54, 1.807) is 0 Å². The molecule has 0 aromatic carbocycles. The summed E-state index contributed by atoms with van der Waals surface area (Å²) in [5, 5.41) is 0. The summed E-state index contributed by atoms with van der Waals surface area (Å²) < 4.78 is 0. The van der Waals surface area contributed by atoms with E-state index in [1.165, 1.54) is 31.3 Å². The minimum absolute atomic E-state index is 0.468. The van der Waals surface area contributed by atoms with Crippen LogP contribution in [0.3, 0.4) is 0 Å². The minimum atomic E-state index is 0.468. The van der Waals surface area contributed by atoms with Crippen LogP contribution in [0.25, 0.3) is 0 Å². The number of hydrogen-bond donors (Lipinski definition) is 0. The van der Waals surface area contributed by atoms with Gasteiger partial charge in [0, 0.05) is 12.8 Å². The molecule has 0 heterocycles. The van der Waals surface area contributed by atoms with Crippen LogP contribution in [-0.2, 0) is 4.79 Å². The highest BCUT2D eigenvalue weighted by atomic mass is 16.1. The second-order valence-electron chi connectivity index (χ2n) is 4.55. The molecule has 0 spiro atoms. The van der Waals surface area contributed by atoms with Crippen LogP contribution in [0.2, 0.25) is 0 Å². The molecule has 72 valence electrons. The zero-order valence-corrected chi connectivity index (χ0v) is 8.22. The van der Waals surface area contributed by atoms with Gasteiger partial charge in [-0.2, -0.15) is 0 Å². The summed E-state index contributed by atoms with van der Waals surface area (Å²) in [6.45, 7) is 4.14. The first kappa shape index (κ1) is 8.98. The maximum Gasteiger partial charge on any atom is 0.133 e. The molecule has 2 rings (SSSR count). The Labute approximate surface area is 80.2 Å². The van der Waals surface area contributed by atoms with Gasteiger partial charge in [-0.1, -0.05) is 25.0 Å². The molecular formula is C12H18O. The Kier molecular flexibility index (Phi) is 2.52. The number of allylic oxidation sites excluding steroid dienone is 1. The van der Waals surface area contributed by atoms with Crippen LogP contribution in [0.1, 0.15) is 44.9 Å². The van der Waals surface area contributed by atoms with Gasteiger partial charge in [0.05, 0.1) is 0 Å². The highest BCUT2D eigenvalue weighted by molar-refractivity contribution is 5.79. The van der Waals surface area contributed by atoms with Gasteiger partial charge in [0.25, 0.3) is 0 Å². The van der Waals surface area contributed by atoms with Gasteiger partial charge in [-0.05, 0) is 31.1 Å². The third-order valence-electron chi connectivity index (χ3n) is 3.65. The molecule has 0 amide bonds. The molecule has 1 nitrogen and oxygen atoms in total. The molecule has 0 radical (unpaired) electrons. The van der Waals surface area contributed by atoms with E-state index in [4.69, 9.17) is 0 Å². The maximum absolute atomic E-state index is 11.4. The van der Waals surface area contributed by atoms with E-state index in [1.807, 2.05) is 0 Å². The second-order valence-corrected chi connectivity index (χ2v) is 4.55. The molecule has 0 saturated heterocycles. The standard InChI is InChI=1S/C12H18O/c1-9-6-7-11(13)8-10-4-2-3-5-12(9)10/h10,12H,1-8H2. The summed E-state index contributed by atoms with van der Waals surface area (Å²) in [7, 11) is 0. The van der Waals surface area contributed by atoms with Crippen LogP contribution < -0.4 is 0 Å². The van der Waals surface area contributed by atoms with Crippen molar-refractivity contribution in [3.05, 3.63) is 12.2 Å². The molecule has 0 aliphatic heterocycles. The smallest absolute Gasteiger partial charge is 0.133 e. The highest BCUT2D eigenvalue weighted by Gasteiger charge is 2.31. The molecule has 2 aliphatic rings. The van der Waals surface area contributed by atoms with Gasteiger partial charge in [0.1, 0.15) is 5.78 Å². The average molecular weight is 178 g/mol. The summed E-state index contributed by atoms with van der Waals surface area (Å²) in [4.78, 5) is 11.4. The van der Waals surface area contributed by atoms with E-state index in [0.717, 1.165) is 19.3 Å². The fraction of sp³-hybridized carbons (Fsp3) is 0.750. The second kappa shape index (κ2) is 3.65. The third kappa shape index (κ3) is 1.84. The molecule has 2 saturated carbocycles. The molecule has 2 aliphatic carbocycles. The van der Waals surface area contributed by atoms with E-state index in [2.05, 4.69) is 6.58 Å². The van der Waals surface area contributed by atoms with Crippen molar-refractivity contribution >= 4 is 5.78 Å². The van der Waals surface area contributed by atoms with Crippen molar-refractivity contribution in [3.63, 3.8) is 0 Å². The van der Waals surface area contributed by atoms with Gasteiger partial charge < -0.3 is 0 Å². The van der Waals surface area contributed by atoms with Crippen LogP contribution in [0.5, 0.6) is 0 Å². The van der Waals surface area contributed by atoms with Crippen molar-refractivity contribution < 1.29 is 4.79 Å². The maximum atomic E-state index is 11.4. The van der Waals surface area contributed by atoms with Crippen molar-refractivity contribution in [1.29, 1.82) is 0 Å². The summed E-state index contributed by atoms with van der Waals surface area (Å²) in [5.74, 6) is 1.80. The van der Waals surface area contributed by atoms with E-state index >= 15 is 0 Å². The molecule has 1 heteroatoms. The lowest BCUT2D eigenvalue weighted by Gasteiger charge is -2.30. The van der Waals surface area contributed by atoms with Crippen molar-refractivity contribution in [2.24, 2.45) is 11.8 Å². The summed E-state index contributed by atoms with van der Waals surface area (Å²) in [5.41, 5.74) is 1.36. The number of fused-ring (bicyclic) bond motifs is 1. The first-order valence-corrected chi connectivity index (χ1v) is 5.47. The van der Waals surface area contributed by atoms with Gasteiger partial charge in [-0.15, -0.1) is 0 Å². The normalized spacial score (nSPS) is 35.4. The summed E-state index contributed by atoms with van der Waals surface area (Å²) >= 11 is 0. The predicted octanol–water partition coefficient (Wildman–Crippen LogP) is 3.10. The van der Waals surface area contributed by atoms with Gasteiger partial charge in [-0.3, -0.25) is 4.79 Å². The number of ketones is 1. The predicted molar refractivity (Wildman–Crippen MR) is 53.4 cm³/mol. The van der Waals surface area contributed by atoms with Crippen LogP contribution in [0.4, 0.5) is 0 Å².